The smallest absolute Gasteiger partial charge is 0.133 e. The van der Waals surface area contributed by atoms with Gasteiger partial charge in [0, 0.05) is 12.0 Å². The average Bonchev–Trinajstić information content (AvgIpc) is 2.46. The third-order valence-electron chi connectivity index (χ3n) is 3.37. The molecule has 0 amide bonds. The fraction of sp³-hybridized carbons (Fsp3) is 0.250. The van der Waals surface area contributed by atoms with Gasteiger partial charge in [-0.05, 0) is 37.6 Å². The van der Waals surface area contributed by atoms with Crippen LogP contribution in [-0.4, -0.2) is 5.11 Å². The van der Waals surface area contributed by atoms with Crippen LogP contribution in [-0.2, 0) is 6.42 Å². The van der Waals surface area contributed by atoms with Gasteiger partial charge in [0.05, 0.1) is 6.10 Å². The predicted octanol–water partition coefficient (Wildman–Crippen LogP) is 3.69. The van der Waals surface area contributed by atoms with Crippen molar-refractivity contribution in [1.29, 1.82) is 0 Å². The van der Waals surface area contributed by atoms with Crippen molar-refractivity contribution in [2.24, 2.45) is 0 Å². The Bertz CT molecular complexity index is 602. The van der Waals surface area contributed by atoms with Gasteiger partial charge in [0.1, 0.15) is 11.5 Å². The van der Waals surface area contributed by atoms with Gasteiger partial charge >= 0.3 is 0 Å². The average molecular weight is 240 g/mol. The summed E-state index contributed by atoms with van der Waals surface area (Å²) in [5, 5.41) is 10.3. The molecule has 1 N–H and O–H groups in total. The number of hydrogen-bond donors (Lipinski definition) is 1. The van der Waals surface area contributed by atoms with Crippen molar-refractivity contribution < 1.29 is 9.84 Å². The Hall–Kier alpha value is -1.80. The van der Waals surface area contributed by atoms with E-state index in [1.165, 1.54) is 5.56 Å². The van der Waals surface area contributed by atoms with Crippen LogP contribution in [0.25, 0.3) is 0 Å². The monoisotopic (exact) mass is 240 g/mol. The zero-order valence-electron chi connectivity index (χ0n) is 10.6. The number of aliphatic hydroxyl groups is 1. The lowest BCUT2D eigenvalue weighted by molar-refractivity contribution is 0.178. The summed E-state index contributed by atoms with van der Waals surface area (Å²) in [4.78, 5) is 0. The summed E-state index contributed by atoms with van der Waals surface area (Å²) in [5.41, 5.74) is 4.27. The van der Waals surface area contributed by atoms with Crippen LogP contribution in [0.4, 0.5) is 0 Å². The third-order valence-corrected chi connectivity index (χ3v) is 3.37. The molecule has 1 aliphatic heterocycles. The maximum absolute atomic E-state index is 10.3. The molecule has 1 unspecified atom stereocenters. The first-order valence-corrected chi connectivity index (χ1v) is 6.19. The highest BCUT2D eigenvalue weighted by atomic mass is 16.5. The second-order valence-electron chi connectivity index (χ2n) is 4.97. The Kier molecular flexibility index (Phi) is 2.60. The van der Waals surface area contributed by atoms with E-state index in [-0.39, 0.29) is 0 Å². The Balaban J connectivity index is 2.13. The van der Waals surface area contributed by atoms with Crippen LogP contribution in [0.15, 0.2) is 36.4 Å². The molecule has 0 radical (unpaired) electrons. The predicted molar refractivity (Wildman–Crippen MR) is 71.1 cm³/mol. The van der Waals surface area contributed by atoms with E-state index in [1.807, 2.05) is 37.3 Å². The minimum absolute atomic E-state index is 0.497. The van der Waals surface area contributed by atoms with Gasteiger partial charge in [0.25, 0.3) is 0 Å². The van der Waals surface area contributed by atoms with Gasteiger partial charge in [-0.25, -0.2) is 0 Å². The maximum atomic E-state index is 10.3. The Morgan fingerprint density at radius 1 is 1.00 bits per heavy atom. The van der Waals surface area contributed by atoms with Crippen LogP contribution >= 0.6 is 0 Å². The first kappa shape index (κ1) is 11.3. The van der Waals surface area contributed by atoms with E-state index in [0.717, 1.165) is 28.2 Å². The molecule has 2 heteroatoms. The summed E-state index contributed by atoms with van der Waals surface area (Å²) in [6.45, 7) is 4.07. The lowest BCUT2D eigenvalue weighted by atomic mass is 9.99. The molecule has 2 nitrogen and oxygen atoms in total. The van der Waals surface area contributed by atoms with Crippen molar-refractivity contribution in [2.75, 3.05) is 0 Å². The summed E-state index contributed by atoms with van der Waals surface area (Å²) >= 11 is 0. The topological polar surface area (TPSA) is 29.5 Å². The zero-order valence-corrected chi connectivity index (χ0v) is 10.6. The van der Waals surface area contributed by atoms with Crippen LogP contribution in [0.3, 0.4) is 0 Å². The van der Waals surface area contributed by atoms with Gasteiger partial charge in [-0.3, -0.25) is 0 Å². The fourth-order valence-electron chi connectivity index (χ4n) is 2.43. The maximum Gasteiger partial charge on any atom is 0.133 e. The van der Waals surface area contributed by atoms with Crippen molar-refractivity contribution in [1.82, 2.24) is 0 Å². The second-order valence-corrected chi connectivity index (χ2v) is 4.97. The first-order chi connectivity index (χ1) is 8.63. The van der Waals surface area contributed by atoms with Gasteiger partial charge in [-0.15, -0.1) is 0 Å². The molecule has 18 heavy (non-hydrogen) atoms. The van der Waals surface area contributed by atoms with E-state index in [4.69, 9.17) is 4.74 Å². The van der Waals surface area contributed by atoms with Crippen molar-refractivity contribution >= 4 is 0 Å². The van der Waals surface area contributed by atoms with E-state index >= 15 is 0 Å². The van der Waals surface area contributed by atoms with Crippen LogP contribution in [0.5, 0.6) is 11.5 Å². The van der Waals surface area contributed by atoms with Crippen molar-refractivity contribution in [2.45, 2.75) is 26.4 Å². The van der Waals surface area contributed by atoms with E-state index in [1.54, 1.807) is 0 Å². The Morgan fingerprint density at radius 3 is 2.44 bits per heavy atom. The number of ether oxygens (including phenoxy) is 1. The highest BCUT2D eigenvalue weighted by Gasteiger charge is 2.21. The van der Waals surface area contributed by atoms with E-state index < -0.39 is 6.10 Å². The molecule has 0 fully saturated rings. The molecule has 1 atom stereocenters. The molecule has 92 valence electrons. The number of fused-ring (bicyclic) bond motifs is 2. The molecular formula is C16H16O2. The number of aryl methyl sites for hydroxylation is 2. The molecule has 1 heterocycles. The molecule has 0 saturated heterocycles. The number of aliphatic hydroxyl groups excluding tert-OH is 1. The third kappa shape index (κ3) is 1.89. The van der Waals surface area contributed by atoms with Gasteiger partial charge < -0.3 is 9.84 Å². The summed E-state index contributed by atoms with van der Waals surface area (Å²) in [5.74, 6) is 1.61. The Morgan fingerprint density at radius 2 is 1.67 bits per heavy atom. The lowest BCUT2D eigenvalue weighted by Gasteiger charge is -2.11. The summed E-state index contributed by atoms with van der Waals surface area (Å²) in [7, 11) is 0. The van der Waals surface area contributed by atoms with Crippen LogP contribution < -0.4 is 4.74 Å². The second kappa shape index (κ2) is 4.14. The van der Waals surface area contributed by atoms with Gasteiger partial charge in [0.15, 0.2) is 0 Å². The zero-order chi connectivity index (χ0) is 12.7. The molecule has 0 saturated carbocycles. The number of rotatable bonds is 0. The van der Waals surface area contributed by atoms with E-state index in [2.05, 4.69) is 13.0 Å². The molecule has 3 rings (SSSR count). The van der Waals surface area contributed by atoms with Crippen LogP contribution in [0.1, 0.15) is 28.4 Å². The molecule has 0 aliphatic carbocycles. The number of hydrogen-bond acceptors (Lipinski definition) is 2. The minimum Gasteiger partial charge on any atom is -0.457 e. The summed E-state index contributed by atoms with van der Waals surface area (Å²) < 4.78 is 5.92. The molecular weight excluding hydrogens is 224 g/mol. The Labute approximate surface area is 107 Å². The molecule has 0 bridgehead atoms. The summed E-state index contributed by atoms with van der Waals surface area (Å²) in [6, 6.07) is 12.0. The highest BCUT2D eigenvalue weighted by molar-refractivity contribution is 5.48. The van der Waals surface area contributed by atoms with Crippen molar-refractivity contribution in [3.05, 3.63) is 58.7 Å². The normalized spacial score (nSPS) is 17.4. The van der Waals surface area contributed by atoms with E-state index in [9.17, 15) is 5.11 Å². The molecule has 2 aromatic rings. The summed E-state index contributed by atoms with van der Waals surface area (Å²) in [6.07, 6.45) is 0.107. The van der Waals surface area contributed by atoms with Gasteiger partial charge in [-0.1, -0.05) is 29.3 Å². The van der Waals surface area contributed by atoms with Crippen LogP contribution in [0.2, 0.25) is 0 Å². The van der Waals surface area contributed by atoms with Gasteiger partial charge in [0.2, 0.25) is 0 Å². The van der Waals surface area contributed by atoms with E-state index in [0.29, 0.717) is 6.42 Å². The quantitative estimate of drug-likeness (QED) is 0.761. The number of benzene rings is 2. The van der Waals surface area contributed by atoms with Crippen molar-refractivity contribution in [3.63, 3.8) is 0 Å². The molecule has 2 aromatic carbocycles. The van der Waals surface area contributed by atoms with Gasteiger partial charge in [-0.2, -0.15) is 0 Å². The van der Waals surface area contributed by atoms with Crippen molar-refractivity contribution in [3.8, 4) is 11.5 Å². The van der Waals surface area contributed by atoms with Crippen LogP contribution in [0, 0.1) is 13.8 Å². The molecule has 0 aromatic heterocycles. The molecule has 0 spiro atoms. The standard InChI is InChI=1S/C16H16O2/c1-10-3-5-15-12(7-10)9-14(17)13-8-11(2)4-6-16(13)18-15/h3-8,14,17H,9H2,1-2H3. The highest BCUT2D eigenvalue weighted by Crippen LogP contribution is 2.38. The molecule has 1 aliphatic rings. The largest absolute Gasteiger partial charge is 0.457 e. The fourth-order valence-corrected chi connectivity index (χ4v) is 2.43. The minimum atomic E-state index is -0.497. The SMILES string of the molecule is Cc1ccc2c(c1)CC(O)c1cc(C)ccc1O2. The first-order valence-electron chi connectivity index (χ1n) is 6.19. The lowest BCUT2D eigenvalue weighted by Crippen LogP contribution is -2.00.